The van der Waals surface area contributed by atoms with Gasteiger partial charge in [-0.15, -0.1) is 11.3 Å². The van der Waals surface area contributed by atoms with Crippen LogP contribution < -0.4 is 9.80 Å². The van der Waals surface area contributed by atoms with E-state index < -0.39 is 0 Å². The minimum Gasteiger partial charge on any atom is -0.310 e. The van der Waals surface area contributed by atoms with Crippen molar-refractivity contribution in [2.24, 2.45) is 0 Å². The van der Waals surface area contributed by atoms with Gasteiger partial charge in [-0.2, -0.15) is 0 Å². The Bertz CT molecular complexity index is 2840. The Labute approximate surface area is 332 Å². The van der Waals surface area contributed by atoms with Crippen LogP contribution in [0.15, 0.2) is 194 Å². The molecule has 2 nitrogen and oxygen atoms in total. The van der Waals surface area contributed by atoms with Crippen molar-refractivity contribution in [1.82, 2.24) is 0 Å². The van der Waals surface area contributed by atoms with Crippen LogP contribution in [0.2, 0.25) is 0 Å². The Hall–Kier alpha value is -6.42. The molecule has 2 aliphatic rings. The molecule has 268 valence electrons. The Morgan fingerprint density at radius 2 is 0.839 bits per heavy atom. The maximum Gasteiger partial charge on any atom is 0.0468 e. The van der Waals surface area contributed by atoms with Gasteiger partial charge in [-0.3, -0.25) is 0 Å². The van der Waals surface area contributed by atoms with Crippen LogP contribution in [0.5, 0.6) is 0 Å². The molecule has 8 aromatic carbocycles. The largest absolute Gasteiger partial charge is 0.310 e. The van der Waals surface area contributed by atoms with Crippen molar-refractivity contribution in [1.29, 1.82) is 0 Å². The predicted molar refractivity (Wildman–Crippen MR) is 238 cm³/mol. The minimum atomic E-state index is -0.0270. The zero-order valence-electron chi connectivity index (χ0n) is 31.1. The van der Waals surface area contributed by atoms with Gasteiger partial charge in [0.25, 0.3) is 0 Å². The molecule has 0 saturated carbocycles. The molecule has 11 rings (SSSR count). The lowest BCUT2D eigenvalue weighted by atomic mass is 9.76. The Morgan fingerprint density at radius 1 is 0.357 bits per heavy atom. The van der Waals surface area contributed by atoms with E-state index in [1.165, 1.54) is 82.0 Å². The first-order chi connectivity index (χ1) is 27.7. The third kappa shape index (κ3) is 5.45. The first-order valence-electron chi connectivity index (χ1n) is 19.8. The molecule has 0 fully saturated rings. The van der Waals surface area contributed by atoms with Crippen LogP contribution >= 0.6 is 11.3 Å². The SMILES string of the molecule is c1ccc(-c2cccc(N(c3ccc4c(c3)[C@]3(CCc5ccc(N(c6ccccc6)c6ccccc6)cc53)CC4)c3ccc4sc5ccccc5c4c3)c2)cc1. The van der Waals surface area contributed by atoms with E-state index in [0.29, 0.717) is 0 Å². The van der Waals surface area contributed by atoms with E-state index in [0.717, 1.165) is 31.4 Å². The van der Waals surface area contributed by atoms with Crippen LogP contribution in [0.3, 0.4) is 0 Å². The molecule has 0 amide bonds. The van der Waals surface area contributed by atoms with Crippen LogP contribution in [-0.4, -0.2) is 0 Å². The molecular weight excluding hydrogens is 697 g/mol. The highest BCUT2D eigenvalue weighted by molar-refractivity contribution is 7.25. The number of fused-ring (bicyclic) bond motifs is 7. The molecule has 0 aliphatic heterocycles. The second kappa shape index (κ2) is 13.4. The Morgan fingerprint density at radius 3 is 1.50 bits per heavy atom. The molecule has 3 heteroatoms. The number of hydrogen-bond acceptors (Lipinski definition) is 3. The highest BCUT2D eigenvalue weighted by Gasteiger charge is 2.45. The van der Waals surface area contributed by atoms with Crippen LogP contribution in [0.1, 0.15) is 35.1 Å². The fraction of sp³-hybridized carbons (Fsp3) is 0.0943. The summed E-state index contributed by atoms with van der Waals surface area (Å²) in [5.41, 5.74) is 15.4. The fourth-order valence-electron chi connectivity index (χ4n) is 9.60. The van der Waals surface area contributed by atoms with Crippen molar-refractivity contribution in [3.05, 3.63) is 216 Å². The van der Waals surface area contributed by atoms with E-state index in [1.807, 2.05) is 11.3 Å². The van der Waals surface area contributed by atoms with Gasteiger partial charge in [-0.25, -0.2) is 0 Å². The zero-order valence-corrected chi connectivity index (χ0v) is 31.9. The van der Waals surface area contributed by atoms with Crippen molar-refractivity contribution < 1.29 is 0 Å². The van der Waals surface area contributed by atoms with E-state index >= 15 is 0 Å². The number of anilines is 6. The summed E-state index contributed by atoms with van der Waals surface area (Å²) in [5, 5.41) is 2.63. The lowest BCUT2D eigenvalue weighted by Gasteiger charge is -2.31. The standard InChI is InChI=1S/C53H40N2S/c1-4-13-37(14-5-1)40-15-12-20-43(33-40)55(44-27-28-52-48(34-44)47-21-10-11-22-51(47)56-52)46-26-24-39-30-32-53(50(39)36-46)31-29-38-23-25-45(35-49(38)53)54(41-16-6-2-7-17-41)42-18-8-3-9-19-42/h1-28,33-36H,29-32H2/t53-/m1/s1. The molecule has 1 atom stereocenters. The summed E-state index contributed by atoms with van der Waals surface area (Å²) in [5.74, 6) is 0. The molecule has 1 aromatic heterocycles. The number of benzene rings is 8. The fourth-order valence-corrected chi connectivity index (χ4v) is 10.7. The second-order valence-corrected chi connectivity index (χ2v) is 16.4. The van der Waals surface area contributed by atoms with Crippen LogP contribution in [0.25, 0.3) is 31.3 Å². The second-order valence-electron chi connectivity index (χ2n) is 15.3. The summed E-state index contributed by atoms with van der Waals surface area (Å²) >= 11 is 1.87. The predicted octanol–water partition coefficient (Wildman–Crippen LogP) is 14.8. The van der Waals surface area contributed by atoms with Gasteiger partial charge in [0.2, 0.25) is 0 Å². The van der Waals surface area contributed by atoms with Crippen molar-refractivity contribution in [3.8, 4) is 11.1 Å². The molecule has 0 N–H and O–H groups in total. The van der Waals surface area contributed by atoms with Gasteiger partial charge < -0.3 is 9.80 Å². The van der Waals surface area contributed by atoms with Crippen molar-refractivity contribution in [3.63, 3.8) is 0 Å². The van der Waals surface area contributed by atoms with Gasteiger partial charge in [0, 0.05) is 59.7 Å². The normalized spacial score (nSPS) is 15.6. The first kappa shape index (κ1) is 33.0. The highest BCUT2D eigenvalue weighted by atomic mass is 32.1. The van der Waals surface area contributed by atoms with Crippen LogP contribution in [-0.2, 0) is 18.3 Å². The summed E-state index contributed by atoms with van der Waals surface area (Å²) in [6.07, 6.45) is 4.46. The van der Waals surface area contributed by atoms with Gasteiger partial charge in [-0.05, 0) is 144 Å². The number of rotatable bonds is 7. The van der Waals surface area contributed by atoms with Gasteiger partial charge in [0.15, 0.2) is 0 Å². The zero-order chi connectivity index (χ0) is 37.1. The number of para-hydroxylation sites is 2. The maximum absolute atomic E-state index is 2.54. The van der Waals surface area contributed by atoms with E-state index in [1.54, 1.807) is 0 Å². The van der Waals surface area contributed by atoms with E-state index in [2.05, 4.69) is 204 Å². The first-order valence-corrected chi connectivity index (χ1v) is 20.6. The van der Waals surface area contributed by atoms with Gasteiger partial charge in [0.05, 0.1) is 0 Å². The van der Waals surface area contributed by atoms with Crippen molar-refractivity contribution in [2.75, 3.05) is 9.80 Å². The molecule has 0 bridgehead atoms. The topological polar surface area (TPSA) is 6.48 Å². The molecule has 56 heavy (non-hydrogen) atoms. The number of aryl methyl sites for hydroxylation is 2. The number of hydrogen-bond donors (Lipinski definition) is 0. The summed E-state index contributed by atoms with van der Waals surface area (Å²) in [7, 11) is 0. The molecular formula is C53H40N2S. The Balaban J connectivity index is 1.07. The lowest BCUT2D eigenvalue weighted by Crippen LogP contribution is -2.22. The monoisotopic (exact) mass is 736 g/mol. The van der Waals surface area contributed by atoms with E-state index in [-0.39, 0.29) is 5.41 Å². The van der Waals surface area contributed by atoms with Gasteiger partial charge in [-0.1, -0.05) is 109 Å². The van der Waals surface area contributed by atoms with E-state index in [9.17, 15) is 0 Å². The number of thiophene rings is 1. The molecule has 0 radical (unpaired) electrons. The summed E-state index contributed by atoms with van der Waals surface area (Å²) in [6, 6.07) is 71.8. The summed E-state index contributed by atoms with van der Waals surface area (Å²) in [6.45, 7) is 0. The van der Waals surface area contributed by atoms with Crippen LogP contribution in [0, 0.1) is 0 Å². The number of nitrogens with zero attached hydrogens (tertiary/aromatic N) is 2. The molecule has 1 heterocycles. The molecule has 0 saturated heterocycles. The Kier molecular flexibility index (Phi) is 7.89. The molecule has 2 aliphatic carbocycles. The van der Waals surface area contributed by atoms with E-state index in [4.69, 9.17) is 0 Å². The van der Waals surface area contributed by atoms with Gasteiger partial charge in [0.1, 0.15) is 0 Å². The highest BCUT2D eigenvalue weighted by Crippen LogP contribution is 2.55. The van der Waals surface area contributed by atoms with Crippen LogP contribution in [0.4, 0.5) is 34.1 Å². The molecule has 0 unspecified atom stereocenters. The minimum absolute atomic E-state index is 0.0270. The van der Waals surface area contributed by atoms with Crippen molar-refractivity contribution >= 4 is 65.6 Å². The lowest BCUT2D eigenvalue weighted by molar-refractivity contribution is 0.507. The molecule has 1 spiro atoms. The maximum atomic E-state index is 2.54. The third-order valence-electron chi connectivity index (χ3n) is 12.2. The quantitative estimate of drug-likeness (QED) is 0.161. The smallest absolute Gasteiger partial charge is 0.0468 e. The summed E-state index contributed by atoms with van der Waals surface area (Å²) in [4.78, 5) is 4.90. The average Bonchev–Trinajstić information content (AvgIpc) is 3.95. The molecule has 9 aromatic rings. The van der Waals surface area contributed by atoms with Crippen molar-refractivity contribution in [2.45, 2.75) is 31.1 Å². The third-order valence-corrected chi connectivity index (χ3v) is 13.4. The average molecular weight is 737 g/mol. The summed E-state index contributed by atoms with van der Waals surface area (Å²) < 4.78 is 2.65. The van der Waals surface area contributed by atoms with Gasteiger partial charge >= 0.3 is 0 Å².